The van der Waals surface area contributed by atoms with Crippen LogP contribution in [-0.4, -0.2) is 6.04 Å². The van der Waals surface area contributed by atoms with Gasteiger partial charge in [-0.3, -0.25) is 0 Å². The molecule has 0 aromatic carbocycles. The molecule has 0 saturated carbocycles. The van der Waals surface area contributed by atoms with E-state index in [2.05, 4.69) is 27.4 Å². The van der Waals surface area contributed by atoms with E-state index in [4.69, 9.17) is 5.73 Å². The van der Waals surface area contributed by atoms with Gasteiger partial charge in [0, 0.05) is 6.04 Å². The standard InChI is InChI=1S/C10H21N/c1-5-8(3)7-10(6-2)9(4)11/h5,8-10H,1,6-7,11H2,2-4H3/t8?,9-,10?/m0/s1. The van der Waals surface area contributed by atoms with Crippen molar-refractivity contribution in [2.45, 2.75) is 39.7 Å². The summed E-state index contributed by atoms with van der Waals surface area (Å²) in [7, 11) is 0. The van der Waals surface area contributed by atoms with Gasteiger partial charge in [0.25, 0.3) is 0 Å². The van der Waals surface area contributed by atoms with Gasteiger partial charge in [-0.2, -0.15) is 0 Å². The quantitative estimate of drug-likeness (QED) is 0.607. The molecule has 0 heterocycles. The van der Waals surface area contributed by atoms with Crippen molar-refractivity contribution in [1.82, 2.24) is 0 Å². The molecule has 2 N–H and O–H groups in total. The molecule has 1 heteroatoms. The minimum absolute atomic E-state index is 0.322. The fourth-order valence-corrected chi connectivity index (χ4v) is 1.33. The van der Waals surface area contributed by atoms with Crippen molar-refractivity contribution in [2.75, 3.05) is 0 Å². The second-order valence-electron chi connectivity index (χ2n) is 3.48. The summed E-state index contributed by atoms with van der Waals surface area (Å²) < 4.78 is 0. The van der Waals surface area contributed by atoms with E-state index in [0.717, 1.165) is 0 Å². The van der Waals surface area contributed by atoms with Crippen molar-refractivity contribution in [3.63, 3.8) is 0 Å². The molecule has 0 aliphatic carbocycles. The van der Waals surface area contributed by atoms with Crippen LogP contribution in [0.2, 0.25) is 0 Å². The van der Waals surface area contributed by atoms with Gasteiger partial charge < -0.3 is 5.73 Å². The summed E-state index contributed by atoms with van der Waals surface area (Å²) in [5.74, 6) is 1.26. The molecule has 0 bridgehead atoms. The van der Waals surface area contributed by atoms with Crippen LogP contribution in [0.15, 0.2) is 12.7 Å². The van der Waals surface area contributed by atoms with Crippen LogP contribution in [0.3, 0.4) is 0 Å². The Kier molecular flexibility index (Phi) is 5.22. The van der Waals surface area contributed by atoms with Crippen LogP contribution in [0.25, 0.3) is 0 Å². The third-order valence-corrected chi connectivity index (χ3v) is 2.34. The second-order valence-corrected chi connectivity index (χ2v) is 3.48. The van der Waals surface area contributed by atoms with E-state index in [9.17, 15) is 0 Å². The van der Waals surface area contributed by atoms with Crippen molar-refractivity contribution in [3.8, 4) is 0 Å². The molecule has 0 amide bonds. The lowest BCUT2D eigenvalue weighted by Crippen LogP contribution is -2.27. The van der Waals surface area contributed by atoms with Crippen molar-refractivity contribution < 1.29 is 0 Å². The van der Waals surface area contributed by atoms with Crippen molar-refractivity contribution in [1.29, 1.82) is 0 Å². The van der Waals surface area contributed by atoms with Crippen LogP contribution >= 0.6 is 0 Å². The molecular weight excluding hydrogens is 134 g/mol. The summed E-state index contributed by atoms with van der Waals surface area (Å²) in [6, 6.07) is 0.322. The molecule has 0 radical (unpaired) electrons. The summed E-state index contributed by atoms with van der Waals surface area (Å²) in [6.07, 6.45) is 4.36. The Morgan fingerprint density at radius 3 is 2.27 bits per heavy atom. The van der Waals surface area contributed by atoms with Crippen LogP contribution in [0.5, 0.6) is 0 Å². The van der Waals surface area contributed by atoms with Gasteiger partial charge in [-0.1, -0.05) is 26.3 Å². The van der Waals surface area contributed by atoms with E-state index in [1.165, 1.54) is 12.8 Å². The Bertz CT molecular complexity index is 107. The highest BCUT2D eigenvalue weighted by Crippen LogP contribution is 2.18. The number of hydrogen-bond acceptors (Lipinski definition) is 1. The van der Waals surface area contributed by atoms with Crippen LogP contribution in [0.1, 0.15) is 33.6 Å². The third-order valence-electron chi connectivity index (χ3n) is 2.34. The summed E-state index contributed by atoms with van der Waals surface area (Å²) in [5.41, 5.74) is 5.82. The van der Waals surface area contributed by atoms with Gasteiger partial charge in [-0.05, 0) is 25.2 Å². The van der Waals surface area contributed by atoms with Crippen LogP contribution in [-0.2, 0) is 0 Å². The van der Waals surface area contributed by atoms with Crippen LogP contribution < -0.4 is 5.73 Å². The Hall–Kier alpha value is -0.300. The summed E-state index contributed by atoms with van der Waals surface area (Å²) in [4.78, 5) is 0. The first kappa shape index (κ1) is 10.7. The molecular formula is C10H21N. The molecule has 11 heavy (non-hydrogen) atoms. The molecule has 66 valence electrons. The molecule has 1 nitrogen and oxygen atoms in total. The van der Waals surface area contributed by atoms with Gasteiger partial charge in [0.15, 0.2) is 0 Å². The Labute approximate surface area is 70.7 Å². The topological polar surface area (TPSA) is 26.0 Å². The van der Waals surface area contributed by atoms with Gasteiger partial charge in [-0.15, -0.1) is 6.58 Å². The number of rotatable bonds is 5. The molecule has 0 aliphatic heterocycles. The maximum atomic E-state index is 5.82. The third kappa shape index (κ3) is 4.20. The normalized spacial score (nSPS) is 18.9. The molecule has 0 aromatic rings. The van der Waals surface area contributed by atoms with E-state index < -0.39 is 0 Å². The SMILES string of the molecule is C=CC(C)CC(CC)[C@H](C)N. The highest BCUT2D eigenvalue weighted by molar-refractivity contribution is 4.79. The average Bonchev–Trinajstić information content (AvgIpc) is 1.99. The monoisotopic (exact) mass is 155 g/mol. The van der Waals surface area contributed by atoms with Crippen LogP contribution in [0.4, 0.5) is 0 Å². The lowest BCUT2D eigenvalue weighted by molar-refractivity contribution is 0.366. The summed E-state index contributed by atoms with van der Waals surface area (Å²) in [5, 5.41) is 0. The molecule has 0 rings (SSSR count). The lowest BCUT2D eigenvalue weighted by atomic mass is 9.89. The average molecular weight is 155 g/mol. The predicted octanol–water partition coefficient (Wildman–Crippen LogP) is 2.57. The molecule has 0 aliphatic rings. The van der Waals surface area contributed by atoms with Crippen molar-refractivity contribution in [3.05, 3.63) is 12.7 Å². The second kappa shape index (κ2) is 5.36. The molecule has 0 aromatic heterocycles. The van der Waals surface area contributed by atoms with E-state index in [1.54, 1.807) is 0 Å². The molecule has 0 saturated heterocycles. The van der Waals surface area contributed by atoms with E-state index >= 15 is 0 Å². The van der Waals surface area contributed by atoms with Gasteiger partial charge in [0.05, 0.1) is 0 Å². The van der Waals surface area contributed by atoms with Crippen LogP contribution in [0, 0.1) is 11.8 Å². The molecule has 0 fully saturated rings. The molecule has 2 unspecified atom stereocenters. The number of allylic oxidation sites excluding steroid dienone is 1. The lowest BCUT2D eigenvalue weighted by Gasteiger charge is -2.20. The first-order valence-electron chi connectivity index (χ1n) is 4.49. The Morgan fingerprint density at radius 1 is 1.45 bits per heavy atom. The van der Waals surface area contributed by atoms with Crippen molar-refractivity contribution >= 4 is 0 Å². The minimum atomic E-state index is 0.322. The molecule has 3 atom stereocenters. The zero-order valence-electron chi connectivity index (χ0n) is 8.01. The number of hydrogen-bond donors (Lipinski definition) is 1. The Balaban J connectivity index is 3.77. The fourth-order valence-electron chi connectivity index (χ4n) is 1.33. The Morgan fingerprint density at radius 2 is 2.00 bits per heavy atom. The fraction of sp³-hybridized carbons (Fsp3) is 0.800. The first-order valence-corrected chi connectivity index (χ1v) is 4.49. The van der Waals surface area contributed by atoms with Gasteiger partial charge in [-0.25, -0.2) is 0 Å². The number of nitrogens with two attached hydrogens (primary N) is 1. The van der Waals surface area contributed by atoms with E-state index in [0.29, 0.717) is 17.9 Å². The van der Waals surface area contributed by atoms with Gasteiger partial charge >= 0.3 is 0 Å². The highest BCUT2D eigenvalue weighted by atomic mass is 14.6. The van der Waals surface area contributed by atoms with E-state index in [-0.39, 0.29) is 0 Å². The maximum absolute atomic E-state index is 5.82. The summed E-state index contributed by atoms with van der Waals surface area (Å²) >= 11 is 0. The zero-order valence-corrected chi connectivity index (χ0v) is 8.01. The summed E-state index contributed by atoms with van der Waals surface area (Å²) in [6.45, 7) is 10.2. The largest absolute Gasteiger partial charge is 0.328 e. The zero-order chi connectivity index (χ0) is 8.85. The van der Waals surface area contributed by atoms with Gasteiger partial charge in [0.1, 0.15) is 0 Å². The highest BCUT2D eigenvalue weighted by Gasteiger charge is 2.12. The first-order chi connectivity index (χ1) is 5.11. The predicted molar refractivity (Wildman–Crippen MR) is 51.4 cm³/mol. The molecule has 0 spiro atoms. The maximum Gasteiger partial charge on any atom is 0.00388 e. The minimum Gasteiger partial charge on any atom is -0.328 e. The van der Waals surface area contributed by atoms with Gasteiger partial charge in [0.2, 0.25) is 0 Å². The smallest absolute Gasteiger partial charge is 0.00388 e. The van der Waals surface area contributed by atoms with E-state index in [1.807, 2.05) is 6.08 Å². The van der Waals surface area contributed by atoms with Crippen molar-refractivity contribution in [2.24, 2.45) is 17.6 Å².